The zero-order valence-electron chi connectivity index (χ0n) is 15.0. The van der Waals surface area contributed by atoms with E-state index in [0.29, 0.717) is 17.2 Å². The number of pyridine rings is 1. The van der Waals surface area contributed by atoms with E-state index in [1.165, 1.54) is 0 Å². The molecule has 1 atom stereocenters. The van der Waals surface area contributed by atoms with E-state index in [1.54, 1.807) is 41.3 Å². The van der Waals surface area contributed by atoms with E-state index in [0.717, 1.165) is 29.8 Å². The number of carbonyl (C=O) groups excluding carboxylic acids is 1. The summed E-state index contributed by atoms with van der Waals surface area (Å²) in [6.45, 7) is 1.89. The lowest BCUT2D eigenvalue weighted by atomic mass is 10.0. The van der Waals surface area contributed by atoms with Crippen LogP contribution in [0.25, 0.3) is 5.69 Å². The molecule has 4 rings (SSSR count). The minimum absolute atomic E-state index is 0.0430. The molecule has 0 bridgehead atoms. The number of aryl methyl sites for hydroxylation is 1. The third kappa shape index (κ3) is 3.58. The number of amides is 1. The molecular weight excluding hydrogens is 338 g/mol. The van der Waals surface area contributed by atoms with Gasteiger partial charge in [-0.15, -0.1) is 0 Å². The molecule has 0 spiro atoms. The number of hydrogen-bond donors (Lipinski definition) is 1. The summed E-state index contributed by atoms with van der Waals surface area (Å²) >= 11 is 0. The van der Waals surface area contributed by atoms with Gasteiger partial charge in [0.1, 0.15) is 0 Å². The van der Waals surface area contributed by atoms with Gasteiger partial charge < -0.3 is 5.32 Å². The molecule has 1 aromatic carbocycles. The Morgan fingerprint density at radius 2 is 2.15 bits per heavy atom. The second kappa shape index (κ2) is 7.04. The van der Waals surface area contributed by atoms with Gasteiger partial charge in [0.15, 0.2) is 5.69 Å². The van der Waals surface area contributed by atoms with Gasteiger partial charge in [0.25, 0.3) is 5.91 Å². The third-order valence-electron chi connectivity index (χ3n) is 4.76. The Bertz CT molecular complexity index is 1010. The van der Waals surface area contributed by atoms with Crippen LogP contribution >= 0.6 is 0 Å². The van der Waals surface area contributed by atoms with Gasteiger partial charge in [-0.1, -0.05) is 12.1 Å². The largest absolute Gasteiger partial charge is 0.344 e. The van der Waals surface area contributed by atoms with Gasteiger partial charge in [-0.05, 0) is 61.6 Å². The first-order valence-electron chi connectivity index (χ1n) is 8.93. The van der Waals surface area contributed by atoms with Crippen LogP contribution in [-0.4, -0.2) is 20.7 Å². The summed E-state index contributed by atoms with van der Waals surface area (Å²) in [5.74, 6) is 0.252. The van der Waals surface area contributed by atoms with Gasteiger partial charge in [-0.2, -0.15) is 10.4 Å². The molecule has 2 heterocycles. The number of rotatable bonds is 5. The summed E-state index contributed by atoms with van der Waals surface area (Å²) in [5.41, 5.74) is 3.53. The maximum Gasteiger partial charge on any atom is 0.272 e. The van der Waals surface area contributed by atoms with Crippen LogP contribution in [-0.2, 0) is 0 Å². The fourth-order valence-electron chi connectivity index (χ4n) is 3.23. The van der Waals surface area contributed by atoms with E-state index in [1.807, 2.05) is 25.1 Å². The number of hydrogen-bond acceptors (Lipinski definition) is 4. The van der Waals surface area contributed by atoms with Crippen LogP contribution in [0.15, 0.2) is 54.9 Å². The molecule has 1 N–H and O–H groups in total. The van der Waals surface area contributed by atoms with Crippen LogP contribution in [0.1, 0.15) is 46.2 Å². The Morgan fingerprint density at radius 3 is 2.85 bits per heavy atom. The van der Waals surface area contributed by atoms with Crippen LogP contribution in [0, 0.1) is 24.2 Å². The maximum atomic E-state index is 12.8. The molecule has 1 saturated carbocycles. The summed E-state index contributed by atoms with van der Waals surface area (Å²) in [7, 11) is 0. The maximum absolute atomic E-state index is 12.8. The summed E-state index contributed by atoms with van der Waals surface area (Å²) < 4.78 is 1.69. The summed E-state index contributed by atoms with van der Waals surface area (Å²) in [4.78, 5) is 17.0. The second-order valence-corrected chi connectivity index (χ2v) is 6.82. The molecule has 1 aliphatic rings. The second-order valence-electron chi connectivity index (χ2n) is 6.82. The standard InChI is InChI=1S/C21H19N5O/c1-14-10-19(25-26(14)18-6-2-4-15(11-18)12-22)21(27)24-20(16-7-8-16)17-5-3-9-23-13-17/h2-6,9-11,13,16,20H,7-8H2,1H3,(H,24,27). The number of benzene rings is 1. The van der Waals surface area contributed by atoms with Crippen molar-refractivity contribution in [3.05, 3.63) is 77.4 Å². The molecule has 2 aromatic heterocycles. The van der Waals surface area contributed by atoms with Crippen molar-refractivity contribution in [3.63, 3.8) is 0 Å². The highest BCUT2D eigenvalue weighted by Gasteiger charge is 2.34. The number of nitrogens with one attached hydrogen (secondary N) is 1. The van der Waals surface area contributed by atoms with Crippen LogP contribution in [0.2, 0.25) is 0 Å². The van der Waals surface area contributed by atoms with Crippen molar-refractivity contribution < 1.29 is 4.79 Å². The van der Waals surface area contributed by atoms with Crippen molar-refractivity contribution in [3.8, 4) is 11.8 Å². The summed E-state index contributed by atoms with van der Waals surface area (Å²) in [6.07, 6.45) is 5.75. The Hall–Kier alpha value is -3.46. The fourth-order valence-corrected chi connectivity index (χ4v) is 3.23. The predicted octanol–water partition coefficient (Wildman–Crippen LogP) is 3.33. The SMILES string of the molecule is Cc1cc(C(=O)NC(c2cccnc2)C2CC2)nn1-c1cccc(C#N)c1. The molecule has 1 unspecified atom stereocenters. The number of aromatic nitrogens is 3. The van der Waals surface area contributed by atoms with Crippen LogP contribution in [0.3, 0.4) is 0 Å². The minimum Gasteiger partial charge on any atom is -0.344 e. The van der Waals surface area contributed by atoms with Gasteiger partial charge in [0.2, 0.25) is 0 Å². The first kappa shape index (κ1) is 17.0. The molecular formula is C21H19N5O. The predicted molar refractivity (Wildman–Crippen MR) is 100 cm³/mol. The Kier molecular flexibility index (Phi) is 4.43. The molecule has 0 radical (unpaired) electrons. The highest BCUT2D eigenvalue weighted by molar-refractivity contribution is 5.92. The molecule has 1 fully saturated rings. The fraction of sp³-hybridized carbons (Fsp3) is 0.238. The van der Waals surface area contributed by atoms with Crippen molar-refractivity contribution in [2.24, 2.45) is 5.92 Å². The third-order valence-corrected chi connectivity index (χ3v) is 4.76. The molecule has 6 heteroatoms. The van der Waals surface area contributed by atoms with E-state index in [2.05, 4.69) is 21.5 Å². The van der Waals surface area contributed by atoms with E-state index >= 15 is 0 Å². The van der Waals surface area contributed by atoms with Crippen molar-refractivity contribution >= 4 is 5.91 Å². The average molecular weight is 357 g/mol. The average Bonchev–Trinajstić information content (AvgIpc) is 3.47. The Balaban J connectivity index is 1.58. The highest BCUT2D eigenvalue weighted by Crippen LogP contribution is 2.40. The van der Waals surface area contributed by atoms with Crippen LogP contribution in [0.4, 0.5) is 0 Å². The first-order chi connectivity index (χ1) is 13.2. The number of carbonyl (C=O) groups is 1. The van der Waals surface area contributed by atoms with E-state index in [-0.39, 0.29) is 11.9 Å². The molecule has 1 aliphatic carbocycles. The van der Waals surface area contributed by atoms with Gasteiger partial charge in [0.05, 0.1) is 23.4 Å². The molecule has 134 valence electrons. The smallest absolute Gasteiger partial charge is 0.272 e. The topological polar surface area (TPSA) is 83.6 Å². The molecule has 0 saturated heterocycles. The lowest BCUT2D eigenvalue weighted by Crippen LogP contribution is -2.30. The van der Waals surface area contributed by atoms with Crippen LogP contribution in [0.5, 0.6) is 0 Å². The van der Waals surface area contributed by atoms with Gasteiger partial charge in [-0.3, -0.25) is 9.78 Å². The van der Waals surface area contributed by atoms with Crippen molar-refractivity contribution in [1.82, 2.24) is 20.1 Å². The van der Waals surface area contributed by atoms with Gasteiger partial charge >= 0.3 is 0 Å². The summed E-state index contributed by atoms with van der Waals surface area (Å²) in [5, 5.41) is 16.7. The molecule has 6 nitrogen and oxygen atoms in total. The number of nitrogens with zero attached hydrogens (tertiary/aromatic N) is 4. The zero-order valence-corrected chi connectivity index (χ0v) is 15.0. The quantitative estimate of drug-likeness (QED) is 0.759. The minimum atomic E-state index is -0.200. The zero-order chi connectivity index (χ0) is 18.8. The van der Waals surface area contributed by atoms with E-state index < -0.39 is 0 Å². The summed E-state index contributed by atoms with van der Waals surface area (Å²) in [6, 6.07) is 14.9. The number of nitriles is 1. The van der Waals surface area contributed by atoms with Gasteiger partial charge in [0, 0.05) is 18.1 Å². The normalized spacial score (nSPS) is 14.4. The van der Waals surface area contributed by atoms with E-state index in [9.17, 15) is 4.79 Å². The Morgan fingerprint density at radius 1 is 1.30 bits per heavy atom. The first-order valence-corrected chi connectivity index (χ1v) is 8.93. The Labute approximate surface area is 157 Å². The monoisotopic (exact) mass is 357 g/mol. The molecule has 0 aliphatic heterocycles. The molecule has 1 amide bonds. The molecule has 27 heavy (non-hydrogen) atoms. The van der Waals surface area contributed by atoms with Crippen molar-refractivity contribution in [2.45, 2.75) is 25.8 Å². The van der Waals surface area contributed by atoms with Gasteiger partial charge in [-0.25, -0.2) is 4.68 Å². The highest BCUT2D eigenvalue weighted by atomic mass is 16.2. The van der Waals surface area contributed by atoms with Crippen molar-refractivity contribution in [2.75, 3.05) is 0 Å². The molecule has 3 aromatic rings. The lowest BCUT2D eigenvalue weighted by Gasteiger charge is -2.17. The van der Waals surface area contributed by atoms with Crippen LogP contribution < -0.4 is 5.32 Å². The van der Waals surface area contributed by atoms with E-state index in [4.69, 9.17) is 5.26 Å². The lowest BCUT2D eigenvalue weighted by molar-refractivity contribution is 0.0926. The van der Waals surface area contributed by atoms with Crippen molar-refractivity contribution in [1.29, 1.82) is 5.26 Å².